The van der Waals surface area contributed by atoms with Gasteiger partial charge in [-0.2, -0.15) is 4.98 Å². The van der Waals surface area contributed by atoms with Gasteiger partial charge in [-0.05, 0) is 56.9 Å². The van der Waals surface area contributed by atoms with E-state index < -0.39 is 30.0 Å². The molecule has 10 heteroatoms. The van der Waals surface area contributed by atoms with Crippen LogP contribution >= 0.6 is 0 Å². The van der Waals surface area contributed by atoms with Gasteiger partial charge in [-0.25, -0.2) is 27.9 Å². The molecule has 0 radical (unpaired) electrons. The smallest absolute Gasteiger partial charge is 0.327 e. The highest BCUT2D eigenvalue weighted by Crippen LogP contribution is 2.33. The first-order chi connectivity index (χ1) is 16.6. The second-order valence-corrected chi connectivity index (χ2v) is 8.90. The van der Waals surface area contributed by atoms with Crippen LogP contribution in [0.4, 0.5) is 24.7 Å². The molecule has 4 rings (SSSR count). The van der Waals surface area contributed by atoms with Gasteiger partial charge in [0.15, 0.2) is 5.82 Å². The molecule has 4 aromatic rings. The Balaban J connectivity index is 1.92. The molecule has 0 saturated carbocycles. The van der Waals surface area contributed by atoms with Gasteiger partial charge in [-0.3, -0.25) is 4.57 Å². The highest BCUT2D eigenvalue weighted by Gasteiger charge is 2.26. The summed E-state index contributed by atoms with van der Waals surface area (Å²) in [6.07, 6.45) is 1.81. The van der Waals surface area contributed by atoms with Gasteiger partial charge < -0.3 is 9.47 Å². The lowest BCUT2D eigenvalue weighted by atomic mass is 10.1. The van der Waals surface area contributed by atoms with Crippen molar-refractivity contribution in [3.05, 3.63) is 76.7 Å². The summed E-state index contributed by atoms with van der Waals surface area (Å²) < 4.78 is 45.6. The first kappa shape index (κ1) is 24.0. The minimum absolute atomic E-state index is 0.0259. The lowest BCUT2D eigenvalue weighted by molar-refractivity contribution is 0.157. The molecular formula is C25H23F3N6O. The summed E-state index contributed by atoms with van der Waals surface area (Å²) in [6, 6.07) is 7.24. The van der Waals surface area contributed by atoms with E-state index in [1.807, 2.05) is 0 Å². The summed E-state index contributed by atoms with van der Waals surface area (Å²) in [5, 5.41) is -0.0259. The van der Waals surface area contributed by atoms with Crippen LogP contribution in [-0.4, -0.2) is 37.1 Å². The van der Waals surface area contributed by atoms with Gasteiger partial charge in [0.1, 0.15) is 17.2 Å². The number of fused-ring (bicyclic) bond motifs is 1. The fraction of sp³-hybridized carbons (Fsp3) is 0.280. The van der Waals surface area contributed by atoms with E-state index in [9.17, 15) is 13.6 Å². The van der Waals surface area contributed by atoms with E-state index >= 15 is 4.39 Å². The molecular weight excluding hydrogens is 457 g/mol. The van der Waals surface area contributed by atoms with Crippen molar-refractivity contribution in [2.24, 2.45) is 7.05 Å². The van der Waals surface area contributed by atoms with Crippen LogP contribution in [0.3, 0.4) is 0 Å². The van der Waals surface area contributed by atoms with Crippen LogP contribution in [0.5, 0.6) is 0 Å². The molecule has 0 saturated heterocycles. The largest absolute Gasteiger partial charge is 0.350 e. The summed E-state index contributed by atoms with van der Waals surface area (Å²) in [4.78, 5) is 26.4. The van der Waals surface area contributed by atoms with Crippen LogP contribution in [0.2, 0.25) is 0 Å². The molecule has 0 bridgehead atoms. The third-order valence-corrected chi connectivity index (χ3v) is 5.29. The minimum atomic E-state index is -2.79. The van der Waals surface area contributed by atoms with Crippen LogP contribution in [0.1, 0.15) is 32.2 Å². The Morgan fingerprint density at radius 3 is 2.60 bits per heavy atom. The van der Waals surface area contributed by atoms with Crippen LogP contribution in [-0.2, 0) is 12.6 Å². The van der Waals surface area contributed by atoms with Gasteiger partial charge in [0.05, 0.1) is 30.0 Å². The molecule has 0 N–H and O–H groups in total. The Morgan fingerprint density at radius 2 is 1.94 bits per heavy atom. The maximum Gasteiger partial charge on any atom is 0.350 e. The molecule has 0 aliphatic carbocycles. The first-order valence-corrected chi connectivity index (χ1v) is 10.8. The molecule has 0 unspecified atom stereocenters. The number of pyridine rings is 1. The van der Waals surface area contributed by atoms with E-state index in [0.29, 0.717) is 11.4 Å². The molecule has 35 heavy (non-hydrogen) atoms. The van der Waals surface area contributed by atoms with E-state index in [2.05, 4.69) is 26.8 Å². The van der Waals surface area contributed by atoms with Gasteiger partial charge in [0.2, 0.25) is 0 Å². The molecule has 0 aliphatic rings. The molecule has 3 heterocycles. The summed E-state index contributed by atoms with van der Waals surface area (Å²) in [6.45, 7) is 4.54. The molecule has 0 fully saturated rings. The van der Waals surface area contributed by atoms with Gasteiger partial charge in [-0.15, -0.1) is 0 Å². The number of rotatable bonds is 4. The number of nitrogens with zero attached hydrogens (tertiary/aromatic N) is 6. The predicted octanol–water partition coefficient (Wildman–Crippen LogP) is 4.22. The number of alkyl halides is 2. The van der Waals surface area contributed by atoms with Crippen molar-refractivity contribution in [2.45, 2.75) is 32.7 Å². The number of aromatic nitrogens is 5. The third kappa shape index (κ3) is 4.89. The summed E-state index contributed by atoms with van der Waals surface area (Å²) in [7, 11) is 1.79. The van der Waals surface area contributed by atoms with Crippen molar-refractivity contribution in [1.29, 1.82) is 0 Å². The van der Waals surface area contributed by atoms with Crippen LogP contribution < -0.4 is 10.6 Å². The van der Waals surface area contributed by atoms with Crippen molar-refractivity contribution in [3.63, 3.8) is 0 Å². The topological polar surface area (TPSA) is 68.8 Å². The highest BCUT2D eigenvalue weighted by molar-refractivity contribution is 5.92. The van der Waals surface area contributed by atoms with E-state index in [4.69, 9.17) is 0 Å². The van der Waals surface area contributed by atoms with Crippen molar-refractivity contribution in [2.75, 3.05) is 11.4 Å². The Labute approximate surface area is 199 Å². The lowest BCUT2D eigenvalue weighted by Gasteiger charge is -2.28. The van der Waals surface area contributed by atoms with Gasteiger partial charge >= 0.3 is 5.69 Å². The standard InChI is InChI=1S/C25H23F3N6O/c1-25(2,3)34-20-7-5-6-19(26)22(20)23(31-24(34)35)33(14-21(27)28)17-10-11-30-16(12-17)8-9-18-13-29-15-32(18)4/h5-7,10-13,15,21H,14H2,1-4H3. The van der Waals surface area contributed by atoms with E-state index in [0.717, 1.165) is 4.90 Å². The normalized spacial score (nSPS) is 11.5. The minimum Gasteiger partial charge on any atom is -0.327 e. The average molecular weight is 480 g/mol. The van der Waals surface area contributed by atoms with E-state index in [1.165, 1.54) is 35.0 Å². The van der Waals surface area contributed by atoms with Gasteiger partial charge in [0, 0.05) is 24.5 Å². The van der Waals surface area contributed by atoms with E-state index in [1.54, 1.807) is 51.0 Å². The summed E-state index contributed by atoms with van der Waals surface area (Å²) in [5.74, 6) is 4.93. The van der Waals surface area contributed by atoms with E-state index in [-0.39, 0.29) is 22.4 Å². The highest BCUT2D eigenvalue weighted by atomic mass is 19.3. The second-order valence-electron chi connectivity index (χ2n) is 8.90. The molecule has 0 atom stereocenters. The fourth-order valence-corrected chi connectivity index (χ4v) is 3.78. The lowest BCUT2D eigenvalue weighted by Crippen LogP contribution is -2.37. The predicted molar refractivity (Wildman–Crippen MR) is 127 cm³/mol. The number of aryl methyl sites for hydroxylation is 1. The maximum absolute atomic E-state index is 15.1. The zero-order chi connectivity index (χ0) is 25.3. The van der Waals surface area contributed by atoms with Crippen LogP contribution in [0, 0.1) is 17.7 Å². The molecule has 0 amide bonds. The fourth-order valence-electron chi connectivity index (χ4n) is 3.78. The van der Waals surface area contributed by atoms with Gasteiger partial charge in [-0.1, -0.05) is 6.07 Å². The maximum atomic E-state index is 15.1. The summed E-state index contributed by atoms with van der Waals surface area (Å²) in [5.41, 5.74) is 0.0673. The Morgan fingerprint density at radius 1 is 1.17 bits per heavy atom. The van der Waals surface area contributed by atoms with Gasteiger partial charge in [0.25, 0.3) is 6.43 Å². The molecule has 1 aromatic carbocycles. The van der Waals surface area contributed by atoms with Crippen LogP contribution in [0.25, 0.3) is 10.9 Å². The third-order valence-electron chi connectivity index (χ3n) is 5.29. The van der Waals surface area contributed by atoms with Crippen molar-refractivity contribution >= 4 is 22.4 Å². The van der Waals surface area contributed by atoms with Crippen molar-refractivity contribution in [3.8, 4) is 11.8 Å². The molecule has 3 aromatic heterocycles. The van der Waals surface area contributed by atoms with Crippen LogP contribution in [0.15, 0.2) is 53.8 Å². The number of benzene rings is 1. The second kappa shape index (κ2) is 9.25. The molecule has 0 aliphatic heterocycles. The number of hydrogen-bond acceptors (Lipinski definition) is 5. The van der Waals surface area contributed by atoms with Crippen molar-refractivity contribution in [1.82, 2.24) is 24.1 Å². The zero-order valence-electron chi connectivity index (χ0n) is 19.6. The number of hydrogen-bond donors (Lipinski definition) is 0. The summed E-state index contributed by atoms with van der Waals surface area (Å²) >= 11 is 0. The van der Waals surface area contributed by atoms with Crippen molar-refractivity contribution < 1.29 is 13.2 Å². The molecule has 0 spiro atoms. The monoisotopic (exact) mass is 480 g/mol. The Kier molecular flexibility index (Phi) is 6.35. The number of imidazole rings is 1. The SMILES string of the molecule is Cn1cncc1C#Cc1cc(N(CC(F)F)c2nc(=O)n(C(C)(C)C)c3cccc(F)c23)ccn1. The number of halogens is 3. The quantitative estimate of drug-likeness (QED) is 0.409. The zero-order valence-corrected chi connectivity index (χ0v) is 19.6. The Bertz CT molecular complexity index is 1510. The molecule has 7 nitrogen and oxygen atoms in total. The molecule has 180 valence electrons. The average Bonchev–Trinajstić information content (AvgIpc) is 3.19. The number of anilines is 2. The first-order valence-electron chi connectivity index (χ1n) is 10.8. The Hall–Kier alpha value is -4.13.